The molecule has 0 radical (unpaired) electrons. The van der Waals surface area contributed by atoms with E-state index in [1.807, 2.05) is 6.92 Å². The molecule has 2 nitrogen and oxygen atoms in total. The fourth-order valence-electron chi connectivity index (χ4n) is 2.62. The highest BCUT2D eigenvalue weighted by Crippen LogP contribution is 2.36. The first-order valence-corrected chi connectivity index (χ1v) is 6.86. The molecule has 0 bridgehead atoms. The van der Waals surface area contributed by atoms with E-state index in [0.717, 1.165) is 19.4 Å². The van der Waals surface area contributed by atoms with Gasteiger partial charge < -0.3 is 10.1 Å². The zero-order valence-electron chi connectivity index (χ0n) is 11.5. The van der Waals surface area contributed by atoms with E-state index in [-0.39, 0.29) is 17.7 Å². The third-order valence-corrected chi connectivity index (χ3v) is 3.71. The summed E-state index contributed by atoms with van der Waals surface area (Å²) in [6.45, 7) is 2.75. The summed E-state index contributed by atoms with van der Waals surface area (Å²) in [5.41, 5.74) is 0.149. The second-order valence-electron chi connectivity index (χ2n) is 5.11. The molecule has 4 heteroatoms. The molecular formula is C15H21F2NO. The normalized spacial score (nSPS) is 18.3. The van der Waals surface area contributed by atoms with Crippen molar-refractivity contribution in [1.82, 2.24) is 5.32 Å². The number of benzene rings is 1. The quantitative estimate of drug-likeness (QED) is 0.822. The summed E-state index contributed by atoms with van der Waals surface area (Å²) in [6, 6.07) is 3.96. The molecule has 1 aromatic rings. The lowest BCUT2D eigenvalue weighted by atomic mass is 9.97. The van der Waals surface area contributed by atoms with Crippen molar-refractivity contribution < 1.29 is 13.5 Å². The topological polar surface area (TPSA) is 21.3 Å². The molecule has 1 fully saturated rings. The standard InChI is InChI=1S/C15H21F2NO/c1-3-18-14(15(19-2)10-7-8-10)9-11-12(16)5-4-6-13(11)17/h4-6,10,14-15,18H,3,7-9H2,1-2H3. The van der Waals surface area contributed by atoms with Crippen molar-refractivity contribution in [1.29, 1.82) is 0 Å². The number of hydrogen-bond acceptors (Lipinski definition) is 2. The van der Waals surface area contributed by atoms with E-state index in [9.17, 15) is 8.78 Å². The Morgan fingerprint density at radius 3 is 2.42 bits per heavy atom. The maximum Gasteiger partial charge on any atom is 0.129 e. The van der Waals surface area contributed by atoms with Crippen molar-refractivity contribution in [2.75, 3.05) is 13.7 Å². The van der Waals surface area contributed by atoms with E-state index in [2.05, 4.69) is 5.32 Å². The Balaban J connectivity index is 2.15. The SMILES string of the molecule is CCNC(Cc1c(F)cccc1F)C(OC)C1CC1. The Hall–Kier alpha value is -1.00. The molecule has 0 aromatic heterocycles. The molecule has 0 heterocycles. The van der Waals surface area contributed by atoms with Crippen molar-refractivity contribution in [3.05, 3.63) is 35.4 Å². The van der Waals surface area contributed by atoms with Crippen LogP contribution in [-0.2, 0) is 11.2 Å². The van der Waals surface area contributed by atoms with Gasteiger partial charge in [-0.25, -0.2) is 8.78 Å². The van der Waals surface area contributed by atoms with Crippen LogP contribution >= 0.6 is 0 Å². The second-order valence-corrected chi connectivity index (χ2v) is 5.11. The van der Waals surface area contributed by atoms with Crippen LogP contribution in [0.3, 0.4) is 0 Å². The van der Waals surface area contributed by atoms with Crippen LogP contribution in [0.4, 0.5) is 8.78 Å². The van der Waals surface area contributed by atoms with Crippen LogP contribution in [0.15, 0.2) is 18.2 Å². The highest BCUT2D eigenvalue weighted by Gasteiger charge is 2.37. The predicted octanol–water partition coefficient (Wildman–Crippen LogP) is 2.91. The number of nitrogens with one attached hydrogen (secondary N) is 1. The van der Waals surface area contributed by atoms with Gasteiger partial charge in [0, 0.05) is 18.7 Å². The van der Waals surface area contributed by atoms with E-state index < -0.39 is 11.6 Å². The molecule has 1 saturated carbocycles. The lowest BCUT2D eigenvalue weighted by molar-refractivity contribution is 0.0511. The van der Waals surface area contributed by atoms with Gasteiger partial charge in [0.2, 0.25) is 0 Å². The Morgan fingerprint density at radius 2 is 1.95 bits per heavy atom. The van der Waals surface area contributed by atoms with Crippen LogP contribution < -0.4 is 5.32 Å². The van der Waals surface area contributed by atoms with E-state index in [4.69, 9.17) is 4.74 Å². The van der Waals surface area contributed by atoms with Gasteiger partial charge in [0.15, 0.2) is 0 Å². The largest absolute Gasteiger partial charge is 0.380 e. The fourth-order valence-corrected chi connectivity index (χ4v) is 2.62. The molecule has 0 amide bonds. The first-order chi connectivity index (χ1) is 9.17. The maximum absolute atomic E-state index is 13.7. The first-order valence-electron chi connectivity index (χ1n) is 6.86. The van der Waals surface area contributed by atoms with Crippen molar-refractivity contribution in [2.24, 2.45) is 5.92 Å². The predicted molar refractivity (Wildman–Crippen MR) is 71.0 cm³/mol. The van der Waals surface area contributed by atoms with Crippen LogP contribution in [0.5, 0.6) is 0 Å². The van der Waals surface area contributed by atoms with Crippen molar-refractivity contribution in [3.63, 3.8) is 0 Å². The number of ether oxygens (including phenoxy) is 1. The van der Waals surface area contributed by atoms with Gasteiger partial charge in [0.1, 0.15) is 11.6 Å². The number of rotatable bonds is 7. The summed E-state index contributed by atoms with van der Waals surface area (Å²) in [5, 5.41) is 3.30. The zero-order valence-corrected chi connectivity index (χ0v) is 11.5. The summed E-state index contributed by atoms with van der Waals surface area (Å²) in [5.74, 6) is -0.439. The Morgan fingerprint density at radius 1 is 1.32 bits per heavy atom. The van der Waals surface area contributed by atoms with Crippen LogP contribution in [0.2, 0.25) is 0 Å². The smallest absolute Gasteiger partial charge is 0.129 e. The van der Waals surface area contributed by atoms with E-state index >= 15 is 0 Å². The summed E-state index contributed by atoms with van der Waals surface area (Å²) in [4.78, 5) is 0. The molecule has 0 saturated heterocycles. The van der Waals surface area contributed by atoms with Gasteiger partial charge in [-0.15, -0.1) is 0 Å². The van der Waals surface area contributed by atoms with Gasteiger partial charge in [0.05, 0.1) is 6.10 Å². The molecule has 19 heavy (non-hydrogen) atoms. The third kappa shape index (κ3) is 3.51. The second kappa shape index (κ2) is 6.44. The van der Waals surface area contributed by atoms with E-state index in [0.29, 0.717) is 12.3 Å². The van der Waals surface area contributed by atoms with Gasteiger partial charge in [-0.3, -0.25) is 0 Å². The lowest BCUT2D eigenvalue weighted by Gasteiger charge is -2.27. The molecule has 1 aliphatic rings. The lowest BCUT2D eigenvalue weighted by Crippen LogP contribution is -2.44. The molecule has 0 aliphatic heterocycles. The fraction of sp³-hybridized carbons (Fsp3) is 0.600. The highest BCUT2D eigenvalue weighted by molar-refractivity contribution is 5.21. The maximum atomic E-state index is 13.7. The minimum Gasteiger partial charge on any atom is -0.380 e. The molecule has 2 atom stereocenters. The van der Waals surface area contributed by atoms with Crippen molar-refractivity contribution in [3.8, 4) is 0 Å². The average Bonchev–Trinajstić information content (AvgIpc) is 3.19. The molecular weight excluding hydrogens is 248 g/mol. The van der Waals surface area contributed by atoms with Crippen LogP contribution in [0.1, 0.15) is 25.3 Å². The first kappa shape index (κ1) is 14.4. The molecule has 0 spiro atoms. The zero-order chi connectivity index (χ0) is 13.8. The molecule has 2 unspecified atom stereocenters. The summed E-state index contributed by atoms with van der Waals surface area (Å²) < 4.78 is 33.0. The van der Waals surface area contributed by atoms with Crippen molar-refractivity contribution >= 4 is 0 Å². The van der Waals surface area contributed by atoms with E-state index in [1.54, 1.807) is 7.11 Å². The summed E-state index contributed by atoms with van der Waals surface area (Å²) >= 11 is 0. The molecule has 106 valence electrons. The third-order valence-electron chi connectivity index (χ3n) is 3.71. The molecule has 1 aromatic carbocycles. The van der Waals surface area contributed by atoms with Crippen LogP contribution in [0, 0.1) is 17.6 Å². The Labute approximate surface area is 113 Å². The minimum atomic E-state index is -0.478. The molecule has 2 rings (SSSR count). The van der Waals surface area contributed by atoms with Gasteiger partial charge in [-0.2, -0.15) is 0 Å². The van der Waals surface area contributed by atoms with Gasteiger partial charge >= 0.3 is 0 Å². The Kier molecular flexibility index (Phi) is 4.88. The van der Waals surface area contributed by atoms with Crippen LogP contribution in [-0.4, -0.2) is 25.8 Å². The number of methoxy groups -OCH3 is 1. The average molecular weight is 269 g/mol. The minimum absolute atomic E-state index is 0.0268. The highest BCUT2D eigenvalue weighted by atomic mass is 19.1. The summed E-state index contributed by atoms with van der Waals surface area (Å²) in [7, 11) is 1.67. The van der Waals surface area contributed by atoms with Gasteiger partial charge in [0.25, 0.3) is 0 Å². The summed E-state index contributed by atoms with van der Waals surface area (Å²) in [6.07, 6.45) is 2.63. The number of hydrogen-bond donors (Lipinski definition) is 1. The van der Waals surface area contributed by atoms with Gasteiger partial charge in [-0.05, 0) is 43.9 Å². The van der Waals surface area contributed by atoms with Gasteiger partial charge in [-0.1, -0.05) is 13.0 Å². The molecule has 1 aliphatic carbocycles. The Bertz CT molecular complexity index is 400. The number of likely N-dealkylation sites (N-methyl/N-ethyl adjacent to an activating group) is 1. The number of halogens is 2. The molecule has 1 N–H and O–H groups in total. The van der Waals surface area contributed by atoms with E-state index in [1.165, 1.54) is 18.2 Å². The monoisotopic (exact) mass is 269 g/mol. The van der Waals surface area contributed by atoms with Crippen molar-refractivity contribution in [2.45, 2.75) is 38.3 Å². The van der Waals surface area contributed by atoms with Crippen LogP contribution in [0.25, 0.3) is 0 Å².